The Bertz CT molecular complexity index is 1280. The van der Waals surface area contributed by atoms with Gasteiger partial charge in [0.15, 0.2) is 17.3 Å². The molecule has 1 aromatic heterocycles. The lowest BCUT2D eigenvalue weighted by molar-refractivity contribution is 0.0515. The number of carbonyl (C=O) groups excluding carboxylic acids is 3. The van der Waals surface area contributed by atoms with Crippen LogP contribution in [0.25, 0.3) is 11.3 Å². The summed E-state index contributed by atoms with van der Waals surface area (Å²) < 4.78 is 6.62. The number of hydrogen-bond acceptors (Lipinski definition) is 5. The van der Waals surface area contributed by atoms with Gasteiger partial charge < -0.3 is 4.74 Å². The molecule has 6 heteroatoms. The molecule has 6 nitrogen and oxygen atoms in total. The maximum absolute atomic E-state index is 13.6. The van der Waals surface area contributed by atoms with Crippen LogP contribution in [0.1, 0.15) is 43.7 Å². The fraction of sp³-hybridized carbons (Fsp3) is 0.111. The van der Waals surface area contributed by atoms with Crippen LogP contribution in [0, 0.1) is 0 Å². The molecular weight excluding hydrogens is 416 g/mol. The van der Waals surface area contributed by atoms with Crippen molar-refractivity contribution in [1.29, 1.82) is 0 Å². The van der Waals surface area contributed by atoms with E-state index in [1.165, 1.54) is 4.68 Å². The van der Waals surface area contributed by atoms with Crippen molar-refractivity contribution in [2.45, 2.75) is 13.5 Å². The van der Waals surface area contributed by atoms with Gasteiger partial charge in [-0.2, -0.15) is 5.10 Å². The number of ketones is 2. The number of benzene rings is 3. The van der Waals surface area contributed by atoms with Crippen LogP contribution < -0.4 is 0 Å². The highest BCUT2D eigenvalue weighted by atomic mass is 16.5. The van der Waals surface area contributed by atoms with E-state index in [0.29, 0.717) is 22.4 Å². The van der Waals surface area contributed by atoms with Gasteiger partial charge in [-0.1, -0.05) is 91.0 Å². The highest BCUT2D eigenvalue weighted by molar-refractivity contribution is 6.17. The highest BCUT2D eigenvalue weighted by Gasteiger charge is 2.31. The molecule has 4 rings (SSSR count). The molecule has 33 heavy (non-hydrogen) atoms. The lowest BCUT2D eigenvalue weighted by atomic mass is 9.97. The Morgan fingerprint density at radius 2 is 1.33 bits per heavy atom. The molecule has 0 atom stereocenters. The van der Waals surface area contributed by atoms with Crippen molar-refractivity contribution in [1.82, 2.24) is 9.78 Å². The van der Waals surface area contributed by atoms with Gasteiger partial charge in [0, 0.05) is 16.7 Å². The van der Waals surface area contributed by atoms with Crippen LogP contribution in [0.2, 0.25) is 0 Å². The van der Waals surface area contributed by atoms with Gasteiger partial charge in [-0.15, -0.1) is 0 Å². The lowest BCUT2D eigenvalue weighted by Gasteiger charge is -2.10. The van der Waals surface area contributed by atoms with Crippen molar-refractivity contribution in [2.24, 2.45) is 0 Å². The predicted octanol–water partition coefficient (Wildman–Crippen LogP) is 4.84. The normalized spacial score (nSPS) is 10.6. The molecule has 0 amide bonds. The van der Waals surface area contributed by atoms with E-state index in [1.54, 1.807) is 55.5 Å². The largest absolute Gasteiger partial charge is 0.461 e. The smallest absolute Gasteiger partial charge is 0.359 e. The Morgan fingerprint density at radius 3 is 1.91 bits per heavy atom. The van der Waals surface area contributed by atoms with Crippen molar-refractivity contribution in [3.8, 4) is 11.3 Å². The number of carbonyl (C=O) groups is 3. The van der Waals surface area contributed by atoms with Crippen molar-refractivity contribution in [3.05, 3.63) is 113 Å². The molecule has 0 radical (unpaired) electrons. The minimum absolute atomic E-state index is 0.106. The number of hydrogen-bond donors (Lipinski definition) is 0. The minimum atomic E-state index is -0.708. The van der Waals surface area contributed by atoms with Crippen molar-refractivity contribution in [2.75, 3.05) is 6.61 Å². The van der Waals surface area contributed by atoms with E-state index in [0.717, 1.165) is 0 Å². The maximum atomic E-state index is 13.6. The number of aromatic nitrogens is 2. The molecule has 4 aromatic rings. The van der Waals surface area contributed by atoms with Crippen LogP contribution in [-0.2, 0) is 11.3 Å². The second-order valence-corrected chi connectivity index (χ2v) is 7.30. The first-order valence-corrected chi connectivity index (χ1v) is 10.6. The van der Waals surface area contributed by atoms with Gasteiger partial charge in [0.05, 0.1) is 17.9 Å². The molecule has 0 saturated heterocycles. The van der Waals surface area contributed by atoms with Crippen LogP contribution in [0.5, 0.6) is 0 Å². The van der Waals surface area contributed by atoms with Crippen molar-refractivity contribution in [3.63, 3.8) is 0 Å². The summed E-state index contributed by atoms with van der Waals surface area (Å²) in [6.07, 6.45) is 0. The maximum Gasteiger partial charge on any atom is 0.359 e. The summed E-state index contributed by atoms with van der Waals surface area (Å²) in [6.45, 7) is 1.68. The molecular formula is C27H22N2O4. The molecule has 0 aliphatic carbocycles. The molecule has 0 aliphatic heterocycles. The molecule has 1 heterocycles. The van der Waals surface area contributed by atoms with E-state index in [4.69, 9.17) is 4.74 Å². The zero-order chi connectivity index (χ0) is 23.2. The molecule has 0 aliphatic rings. The molecule has 0 saturated carbocycles. The average Bonchev–Trinajstić information content (AvgIpc) is 3.24. The fourth-order valence-electron chi connectivity index (χ4n) is 3.61. The van der Waals surface area contributed by atoms with Gasteiger partial charge in [-0.05, 0) is 6.92 Å². The van der Waals surface area contributed by atoms with E-state index in [2.05, 4.69) is 5.10 Å². The van der Waals surface area contributed by atoms with Gasteiger partial charge in [0.1, 0.15) is 6.54 Å². The SMILES string of the molecule is CCOC(=O)c1nn(CC(=O)c2ccccc2)c(-c2ccccc2)c1C(=O)c1ccccc1. The second kappa shape index (κ2) is 9.87. The molecule has 164 valence electrons. The molecule has 0 spiro atoms. The van der Waals surface area contributed by atoms with Gasteiger partial charge in [-0.3, -0.25) is 14.3 Å². The van der Waals surface area contributed by atoms with Crippen LogP contribution in [-0.4, -0.2) is 33.9 Å². The summed E-state index contributed by atoms with van der Waals surface area (Å²) in [7, 11) is 0. The van der Waals surface area contributed by atoms with Gasteiger partial charge in [-0.25, -0.2) is 4.79 Å². The molecule has 0 fully saturated rings. The first-order valence-electron chi connectivity index (χ1n) is 10.6. The van der Waals surface area contributed by atoms with E-state index in [9.17, 15) is 14.4 Å². The summed E-state index contributed by atoms with van der Waals surface area (Å²) >= 11 is 0. The molecule has 0 N–H and O–H groups in total. The van der Waals surface area contributed by atoms with Crippen molar-refractivity contribution < 1.29 is 19.1 Å². The Hall–Kier alpha value is -4.32. The quantitative estimate of drug-likeness (QED) is 0.291. The third kappa shape index (κ3) is 4.65. The summed E-state index contributed by atoms with van der Waals surface area (Å²) in [5, 5.41) is 4.42. The topological polar surface area (TPSA) is 78.3 Å². The number of rotatable bonds is 8. The highest BCUT2D eigenvalue weighted by Crippen LogP contribution is 2.30. The Morgan fingerprint density at radius 1 is 0.788 bits per heavy atom. The van der Waals surface area contributed by atoms with Crippen LogP contribution in [0.3, 0.4) is 0 Å². The summed E-state index contributed by atoms with van der Waals surface area (Å²) in [4.78, 5) is 39.4. The third-order valence-corrected chi connectivity index (χ3v) is 5.12. The zero-order valence-corrected chi connectivity index (χ0v) is 18.1. The second-order valence-electron chi connectivity index (χ2n) is 7.30. The first kappa shape index (κ1) is 21.9. The number of nitrogens with zero attached hydrogens (tertiary/aromatic N) is 2. The number of esters is 1. The Balaban J connectivity index is 1.91. The standard InChI is InChI=1S/C27H22N2O4/c1-2-33-27(32)24-23(26(31)21-16-10-5-11-17-21)25(20-14-8-4-9-15-20)29(28-24)18-22(30)19-12-6-3-7-13-19/h3-17H,2,18H2,1H3. The predicted molar refractivity (Wildman–Crippen MR) is 124 cm³/mol. The van der Waals surface area contributed by atoms with Gasteiger partial charge in [0.25, 0.3) is 0 Å². The molecule has 0 bridgehead atoms. The number of ether oxygens (including phenoxy) is 1. The third-order valence-electron chi connectivity index (χ3n) is 5.12. The lowest BCUT2D eigenvalue weighted by Crippen LogP contribution is -2.14. The van der Waals surface area contributed by atoms with Gasteiger partial charge in [0.2, 0.25) is 0 Å². The summed E-state index contributed by atoms with van der Waals surface area (Å²) in [6, 6.07) is 26.6. The van der Waals surface area contributed by atoms with Crippen LogP contribution in [0.4, 0.5) is 0 Å². The summed E-state index contributed by atoms with van der Waals surface area (Å²) in [5.41, 5.74) is 2.00. The van der Waals surface area contributed by atoms with E-state index in [1.807, 2.05) is 42.5 Å². The van der Waals surface area contributed by atoms with E-state index in [-0.39, 0.29) is 36.0 Å². The monoisotopic (exact) mass is 438 g/mol. The minimum Gasteiger partial charge on any atom is -0.461 e. The van der Waals surface area contributed by atoms with E-state index < -0.39 is 5.97 Å². The fourth-order valence-corrected chi connectivity index (χ4v) is 3.61. The molecule has 0 unspecified atom stereocenters. The Labute approximate surface area is 191 Å². The molecule has 3 aromatic carbocycles. The van der Waals surface area contributed by atoms with Crippen LogP contribution >= 0.6 is 0 Å². The van der Waals surface area contributed by atoms with Gasteiger partial charge >= 0.3 is 5.97 Å². The number of Topliss-reactive ketones (excluding diaryl/α,β-unsaturated/α-hetero) is 1. The Kier molecular flexibility index (Phi) is 6.55. The van der Waals surface area contributed by atoms with Crippen LogP contribution in [0.15, 0.2) is 91.0 Å². The summed E-state index contributed by atoms with van der Waals surface area (Å²) in [5.74, 6) is -1.26. The zero-order valence-electron chi connectivity index (χ0n) is 18.1. The first-order chi connectivity index (χ1) is 16.1. The van der Waals surface area contributed by atoms with Crippen molar-refractivity contribution >= 4 is 17.5 Å². The van der Waals surface area contributed by atoms with E-state index >= 15 is 0 Å². The average molecular weight is 438 g/mol.